The van der Waals surface area contributed by atoms with Gasteiger partial charge >= 0.3 is 0 Å². The summed E-state index contributed by atoms with van der Waals surface area (Å²) in [5.41, 5.74) is 1.33. The van der Waals surface area contributed by atoms with Crippen LogP contribution in [0.3, 0.4) is 0 Å². The van der Waals surface area contributed by atoms with E-state index in [9.17, 15) is 0 Å². The summed E-state index contributed by atoms with van der Waals surface area (Å²) in [4.78, 5) is 0. The summed E-state index contributed by atoms with van der Waals surface area (Å²) in [6.07, 6.45) is 6.78. The molecule has 0 fully saturated rings. The minimum Gasteiger partial charge on any atom is -0.314 e. The molecule has 17 heavy (non-hydrogen) atoms. The lowest BCUT2D eigenvalue weighted by molar-refractivity contribution is 0.340. The van der Waals surface area contributed by atoms with Gasteiger partial charge in [0.1, 0.15) is 0 Å². The summed E-state index contributed by atoms with van der Waals surface area (Å²) < 4.78 is 1.98. The van der Waals surface area contributed by atoms with Crippen LogP contribution in [0.5, 0.6) is 0 Å². The van der Waals surface area contributed by atoms with Crippen LogP contribution in [0.25, 0.3) is 0 Å². The van der Waals surface area contributed by atoms with Gasteiger partial charge in [-0.15, -0.1) is 0 Å². The molecule has 2 atom stereocenters. The molecule has 98 valence electrons. The molecule has 0 bridgehead atoms. The Morgan fingerprint density at radius 1 is 1.35 bits per heavy atom. The van der Waals surface area contributed by atoms with Crippen LogP contribution in [0, 0.1) is 5.92 Å². The van der Waals surface area contributed by atoms with Crippen molar-refractivity contribution in [2.75, 3.05) is 6.54 Å². The molecule has 2 unspecified atom stereocenters. The van der Waals surface area contributed by atoms with Gasteiger partial charge < -0.3 is 5.32 Å². The molecule has 0 aliphatic carbocycles. The molecule has 3 heteroatoms. The Kier molecular flexibility index (Phi) is 6.27. The predicted octanol–water partition coefficient (Wildman–Crippen LogP) is 2.77. The van der Waals surface area contributed by atoms with Gasteiger partial charge in [0, 0.05) is 25.0 Å². The molecule has 0 aromatic carbocycles. The third kappa shape index (κ3) is 4.50. The summed E-state index contributed by atoms with van der Waals surface area (Å²) >= 11 is 0. The topological polar surface area (TPSA) is 29.9 Å². The van der Waals surface area contributed by atoms with Gasteiger partial charge in [-0.2, -0.15) is 5.10 Å². The number of aryl methyl sites for hydroxylation is 2. The smallest absolute Gasteiger partial charge is 0.0492 e. The van der Waals surface area contributed by atoms with Gasteiger partial charge in [0.25, 0.3) is 0 Å². The van der Waals surface area contributed by atoms with Crippen molar-refractivity contribution in [3.05, 3.63) is 18.0 Å². The van der Waals surface area contributed by atoms with E-state index < -0.39 is 0 Å². The lowest BCUT2D eigenvalue weighted by Gasteiger charge is -2.24. The van der Waals surface area contributed by atoms with Crippen molar-refractivity contribution in [1.82, 2.24) is 15.1 Å². The molecule has 1 N–H and O–H groups in total. The monoisotopic (exact) mass is 237 g/mol. The van der Waals surface area contributed by atoms with Crippen LogP contribution >= 0.6 is 0 Å². The maximum absolute atomic E-state index is 4.22. The molecule has 1 aromatic rings. The highest BCUT2D eigenvalue weighted by molar-refractivity contribution is 5.00. The second-order valence-electron chi connectivity index (χ2n) is 4.91. The largest absolute Gasteiger partial charge is 0.314 e. The maximum atomic E-state index is 4.22. The number of hydrogen-bond acceptors (Lipinski definition) is 2. The Morgan fingerprint density at radius 3 is 2.65 bits per heavy atom. The molecular formula is C14H27N3. The average molecular weight is 237 g/mol. The molecular weight excluding hydrogens is 210 g/mol. The van der Waals surface area contributed by atoms with Crippen molar-refractivity contribution in [3.63, 3.8) is 0 Å². The molecule has 0 aliphatic heterocycles. The predicted molar refractivity (Wildman–Crippen MR) is 73.1 cm³/mol. The van der Waals surface area contributed by atoms with E-state index >= 15 is 0 Å². The van der Waals surface area contributed by atoms with Gasteiger partial charge in [0.15, 0.2) is 0 Å². The van der Waals surface area contributed by atoms with Gasteiger partial charge in [-0.25, -0.2) is 0 Å². The van der Waals surface area contributed by atoms with E-state index in [4.69, 9.17) is 0 Å². The van der Waals surface area contributed by atoms with Crippen LogP contribution in [-0.4, -0.2) is 22.4 Å². The molecule has 1 aromatic heterocycles. The van der Waals surface area contributed by atoms with Crippen molar-refractivity contribution in [2.24, 2.45) is 13.0 Å². The average Bonchev–Trinajstić information content (AvgIpc) is 2.70. The van der Waals surface area contributed by atoms with Crippen LogP contribution in [0.15, 0.2) is 12.3 Å². The first kappa shape index (κ1) is 14.2. The molecule has 0 spiro atoms. The van der Waals surface area contributed by atoms with E-state index in [2.05, 4.69) is 37.3 Å². The van der Waals surface area contributed by atoms with Crippen LogP contribution in [0.4, 0.5) is 0 Å². The Hall–Kier alpha value is -0.830. The van der Waals surface area contributed by atoms with Crippen LogP contribution in [0.2, 0.25) is 0 Å². The fraction of sp³-hybridized carbons (Fsp3) is 0.786. The normalized spacial score (nSPS) is 14.8. The molecule has 3 nitrogen and oxygen atoms in total. The third-order valence-corrected chi connectivity index (χ3v) is 3.53. The summed E-state index contributed by atoms with van der Waals surface area (Å²) in [5.74, 6) is 0.758. The quantitative estimate of drug-likeness (QED) is 0.753. The lowest BCUT2D eigenvalue weighted by Crippen LogP contribution is -2.35. The molecule has 0 radical (unpaired) electrons. The van der Waals surface area contributed by atoms with Crippen molar-refractivity contribution in [3.8, 4) is 0 Å². The standard InChI is InChI=1S/C14H27N3/c1-5-7-12(3)14(15-6-2)9-8-13-10-11-16-17(13)4/h10-12,14-15H,5-9H2,1-4H3. The van der Waals surface area contributed by atoms with E-state index in [0.29, 0.717) is 6.04 Å². The molecule has 0 amide bonds. The zero-order chi connectivity index (χ0) is 12.7. The Balaban J connectivity index is 2.46. The van der Waals surface area contributed by atoms with Crippen molar-refractivity contribution < 1.29 is 0 Å². The highest BCUT2D eigenvalue weighted by atomic mass is 15.2. The Labute approximate surface area is 106 Å². The lowest BCUT2D eigenvalue weighted by atomic mass is 9.92. The molecule has 0 aliphatic rings. The van der Waals surface area contributed by atoms with Gasteiger partial charge in [0.05, 0.1) is 0 Å². The van der Waals surface area contributed by atoms with Gasteiger partial charge in [-0.3, -0.25) is 4.68 Å². The fourth-order valence-electron chi connectivity index (χ4n) is 2.46. The van der Waals surface area contributed by atoms with Gasteiger partial charge in [0.2, 0.25) is 0 Å². The van der Waals surface area contributed by atoms with Crippen molar-refractivity contribution >= 4 is 0 Å². The zero-order valence-electron chi connectivity index (χ0n) is 11.7. The second kappa shape index (κ2) is 7.49. The van der Waals surface area contributed by atoms with Crippen LogP contribution in [0.1, 0.15) is 45.7 Å². The molecule has 0 saturated heterocycles. The molecule has 0 saturated carbocycles. The molecule has 1 heterocycles. The summed E-state index contributed by atoms with van der Waals surface area (Å²) in [6.45, 7) is 7.88. The van der Waals surface area contributed by atoms with E-state index in [1.165, 1.54) is 25.0 Å². The van der Waals surface area contributed by atoms with Gasteiger partial charge in [-0.05, 0) is 37.8 Å². The zero-order valence-corrected chi connectivity index (χ0v) is 11.7. The van der Waals surface area contributed by atoms with Crippen molar-refractivity contribution in [2.45, 2.75) is 52.5 Å². The maximum Gasteiger partial charge on any atom is 0.0492 e. The molecule has 1 rings (SSSR count). The third-order valence-electron chi connectivity index (χ3n) is 3.53. The summed E-state index contributed by atoms with van der Waals surface area (Å²) in [7, 11) is 2.02. The minimum absolute atomic E-state index is 0.634. The highest BCUT2D eigenvalue weighted by Gasteiger charge is 2.15. The number of rotatable bonds is 8. The fourth-order valence-corrected chi connectivity index (χ4v) is 2.46. The number of aromatic nitrogens is 2. The van der Waals surface area contributed by atoms with Crippen LogP contribution < -0.4 is 5.32 Å². The van der Waals surface area contributed by atoms with Gasteiger partial charge in [-0.1, -0.05) is 27.2 Å². The number of nitrogens with zero attached hydrogens (tertiary/aromatic N) is 2. The number of hydrogen-bond donors (Lipinski definition) is 1. The second-order valence-corrected chi connectivity index (χ2v) is 4.91. The SMILES string of the molecule is CCCC(C)C(CCc1ccnn1C)NCC. The minimum atomic E-state index is 0.634. The van der Waals surface area contributed by atoms with E-state index in [-0.39, 0.29) is 0 Å². The first-order valence-corrected chi connectivity index (χ1v) is 6.89. The Morgan fingerprint density at radius 2 is 2.12 bits per heavy atom. The van der Waals surface area contributed by atoms with Crippen LogP contribution in [-0.2, 0) is 13.5 Å². The first-order chi connectivity index (χ1) is 8.19. The van der Waals surface area contributed by atoms with E-state index in [1.807, 2.05) is 17.9 Å². The Bertz CT molecular complexity index is 306. The summed E-state index contributed by atoms with van der Waals surface area (Å²) in [6, 6.07) is 2.75. The highest BCUT2D eigenvalue weighted by Crippen LogP contribution is 2.15. The summed E-state index contributed by atoms with van der Waals surface area (Å²) in [5, 5.41) is 7.84. The number of nitrogens with one attached hydrogen (secondary N) is 1. The van der Waals surface area contributed by atoms with E-state index in [1.54, 1.807) is 0 Å². The van der Waals surface area contributed by atoms with E-state index in [0.717, 1.165) is 18.9 Å². The van der Waals surface area contributed by atoms with Crippen molar-refractivity contribution in [1.29, 1.82) is 0 Å². The first-order valence-electron chi connectivity index (χ1n) is 6.89.